The van der Waals surface area contributed by atoms with Crippen molar-refractivity contribution in [2.45, 2.75) is 19.8 Å². The summed E-state index contributed by atoms with van der Waals surface area (Å²) in [6, 6.07) is 12.6. The van der Waals surface area contributed by atoms with Crippen LogP contribution in [0.25, 0.3) is 0 Å². The van der Waals surface area contributed by atoms with Crippen molar-refractivity contribution in [2.75, 3.05) is 6.54 Å². The van der Waals surface area contributed by atoms with E-state index in [1.54, 1.807) is 0 Å². The van der Waals surface area contributed by atoms with Crippen LogP contribution in [-0.4, -0.2) is 6.54 Å². The molecule has 0 saturated carbocycles. The first-order valence-corrected chi connectivity index (χ1v) is 5.61. The Hall–Kier alpha value is -1.54. The molecule has 0 bridgehead atoms. The second-order valence-corrected chi connectivity index (χ2v) is 4.04. The maximum absolute atomic E-state index is 5.55. The number of nitrogens with two attached hydrogens (primary N) is 1. The van der Waals surface area contributed by atoms with Crippen molar-refractivity contribution in [1.82, 2.24) is 0 Å². The van der Waals surface area contributed by atoms with Crippen LogP contribution in [0.3, 0.4) is 0 Å². The molecule has 84 valence electrons. The predicted octanol–water partition coefficient (Wildman–Crippen LogP) is 2.68. The molecule has 0 aliphatic rings. The van der Waals surface area contributed by atoms with Gasteiger partial charge in [-0.3, -0.25) is 0 Å². The van der Waals surface area contributed by atoms with E-state index in [1.165, 1.54) is 11.1 Å². The van der Waals surface area contributed by atoms with Crippen molar-refractivity contribution in [2.24, 2.45) is 5.73 Å². The van der Waals surface area contributed by atoms with Gasteiger partial charge in [-0.1, -0.05) is 24.3 Å². The van der Waals surface area contributed by atoms with Gasteiger partial charge in [0.2, 0.25) is 0 Å². The van der Waals surface area contributed by atoms with Crippen LogP contribution < -0.4 is 5.73 Å². The van der Waals surface area contributed by atoms with Gasteiger partial charge < -0.3 is 10.2 Å². The Morgan fingerprint density at radius 2 is 1.69 bits per heavy atom. The molecule has 2 N–H and O–H groups in total. The second kappa shape index (κ2) is 4.99. The highest BCUT2D eigenvalue weighted by Gasteiger charge is 2.00. The van der Waals surface area contributed by atoms with Gasteiger partial charge in [0.1, 0.15) is 11.5 Å². The fraction of sp³-hybridized carbons (Fsp3) is 0.286. The van der Waals surface area contributed by atoms with E-state index in [4.69, 9.17) is 10.2 Å². The smallest absolute Gasteiger partial charge is 0.108 e. The fourth-order valence-electron chi connectivity index (χ4n) is 1.77. The van der Waals surface area contributed by atoms with Crippen molar-refractivity contribution < 1.29 is 4.42 Å². The van der Waals surface area contributed by atoms with E-state index in [0.29, 0.717) is 6.54 Å². The van der Waals surface area contributed by atoms with Gasteiger partial charge in [0.15, 0.2) is 0 Å². The molecular weight excluding hydrogens is 198 g/mol. The summed E-state index contributed by atoms with van der Waals surface area (Å²) in [5.41, 5.74) is 8.08. The molecule has 2 aromatic rings. The van der Waals surface area contributed by atoms with Crippen LogP contribution in [0.2, 0.25) is 0 Å². The Morgan fingerprint density at radius 3 is 2.25 bits per heavy atom. The summed E-state index contributed by atoms with van der Waals surface area (Å²) in [5.74, 6) is 1.99. The standard InChI is InChI=1S/C14H17NO/c1-11-2-7-14(16-11)10-13-5-3-12(4-6-13)8-9-15/h2-7H,8-10,15H2,1H3. The topological polar surface area (TPSA) is 39.2 Å². The van der Waals surface area contributed by atoms with Crippen molar-refractivity contribution in [3.05, 3.63) is 59.0 Å². The molecule has 16 heavy (non-hydrogen) atoms. The van der Waals surface area contributed by atoms with E-state index in [-0.39, 0.29) is 0 Å². The minimum atomic E-state index is 0.705. The van der Waals surface area contributed by atoms with E-state index in [1.807, 2.05) is 19.1 Å². The van der Waals surface area contributed by atoms with E-state index < -0.39 is 0 Å². The lowest BCUT2D eigenvalue weighted by molar-refractivity contribution is 0.493. The molecule has 1 heterocycles. The highest BCUT2D eigenvalue weighted by atomic mass is 16.3. The summed E-state index contributed by atoms with van der Waals surface area (Å²) in [4.78, 5) is 0. The molecule has 0 aliphatic heterocycles. The average Bonchev–Trinajstić information content (AvgIpc) is 2.67. The summed E-state index contributed by atoms with van der Waals surface area (Å²) in [6.07, 6.45) is 1.80. The van der Waals surface area contributed by atoms with Crippen LogP contribution in [0.1, 0.15) is 22.6 Å². The molecule has 0 atom stereocenters. The predicted molar refractivity (Wildman–Crippen MR) is 65.5 cm³/mol. The molecular formula is C14H17NO. The zero-order valence-electron chi connectivity index (χ0n) is 9.57. The Morgan fingerprint density at radius 1 is 1.00 bits per heavy atom. The first-order valence-electron chi connectivity index (χ1n) is 5.61. The quantitative estimate of drug-likeness (QED) is 0.851. The molecule has 2 nitrogen and oxygen atoms in total. The number of aryl methyl sites for hydroxylation is 1. The summed E-state index contributed by atoms with van der Waals surface area (Å²) in [7, 11) is 0. The number of rotatable bonds is 4. The average molecular weight is 215 g/mol. The number of furan rings is 1. The molecule has 2 heteroatoms. The number of hydrogen-bond acceptors (Lipinski definition) is 2. The van der Waals surface area contributed by atoms with E-state index in [9.17, 15) is 0 Å². The summed E-state index contributed by atoms with van der Waals surface area (Å²) < 4.78 is 5.55. The first-order chi connectivity index (χ1) is 7.78. The van der Waals surface area contributed by atoms with Crippen molar-refractivity contribution in [1.29, 1.82) is 0 Å². The van der Waals surface area contributed by atoms with Crippen molar-refractivity contribution in [3.8, 4) is 0 Å². The lowest BCUT2D eigenvalue weighted by Crippen LogP contribution is -2.02. The van der Waals surface area contributed by atoms with Gasteiger partial charge in [-0.15, -0.1) is 0 Å². The van der Waals surface area contributed by atoms with Gasteiger partial charge in [-0.05, 0) is 43.1 Å². The molecule has 2 rings (SSSR count). The molecule has 0 unspecified atom stereocenters. The Kier molecular flexibility index (Phi) is 3.42. The summed E-state index contributed by atoms with van der Waals surface area (Å²) in [5, 5.41) is 0. The van der Waals surface area contributed by atoms with Gasteiger partial charge in [0.05, 0.1) is 0 Å². The molecule has 0 amide bonds. The molecule has 0 saturated heterocycles. The molecule has 1 aromatic heterocycles. The minimum absolute atomic E-state index is 0.705. The highest BCUT2D eigenvalue weighted by molar-refractivity contribution is 5.26. The SMILES string of the molecule is Cc1ccc(Cc2ccc(CCN)cc2)o1. The third kappa shape index (κ3) is 2.74. The summed E-state index contributed by atoms with van der Waals surface area (Å²) >= 11 is 0. The molecule has 0 fully saturated rings. The van der Waals surface area contributed by atoms with Crippen molar-refractivity contribution >= 4 is 0 Å². The van der Waals surface area contributed by atoms with E-state index in [2.05, 4.69) is 24.3 Å². The molecule has 0 spiro atoms. The van der Waals surface area contributed by atoms with Gasteiger partial charge in [-0.2, -0.15) is 0 Å². The van der Waals surface area contributed by atoms with Gasteiger partial charge in [0, 0.05) is 6.42 Å². The normalized spacial score (nSPS) is 10.6. The second-order valence-electron chi connectivity index (χ2n) is 4.04. The molecule has 1 aromatic carbocycles. The Labute approximate surface area is 96.1 Å². The Balaban J connectivity index is 2.05. The van der Waals surface area contributed by atoms with Crippen LogP contribution in [0.4, 0.5) is 0 Å². The fourth-order valence-corrected chi connectivity index (χ4v) is 1.77. The molecule has 0 aliphatic carbocycles. The zero-order valence-corrected chi connectivity index (χ0v) is 9.57. The third-order valence-corrected chi connectivity index (χ3v) is 2.63. The lowest BCUT2D eigenvalue weighted by Gasteiger charge is -2.01. The first kappa shape index (κ1) is 11.0. The van der Waals surface area contributed by atoms with Crippen LogP contribution in [-0.2, 0) is 12.8 Å². The van der Waals surface area contributed by atoms with E-state index in [0.717, 1.165) is 24.4 Å². The highest BCUT2D eigenvalue weighted by Crippen LogP contribution is 2.13. The van der Waals surface area contributed by atoms with Crippen LogP contribution in [0.15, 0.2) is 40.8 Å². The third-order valence-electron chi connectivity index (χ3n) is 2.63. The zero-order chi connectivity index (χ0) is 11.4. The number of hydrogen-bond donors (Lipinski definition) is 1. The van der Waals surface area contributed by atoms with Crippen LogP contribution in [0.5, 0.6) is 0 Å². The van der Waals surface area contributed by atoms with E-state index >= 15 is 0 Å². The van der Waals surface area contributed by atoms with Crippen LogP contribution in [0, 0.1) is 6.92 Å². The van der Waals surface area contributed by atoms with Gasteiger partial charge >= 0.3 is 0 Å². The summed E-state index contributed by atoms with van der Waals surface area (Å²) in [6.45, 7) is 2.67. The monoisotopic (exact) mass is 215 g/mol. The minimum Gasteiger partial charge on any atom is -0.466 e. The largest absolute Gasteiger partial charge is 0.466 e. The van der Waals surface area contributed by atoms with Gasteiger partial charge in [-0.25, -0.2) is 0 Å². The molecule has 0 radical (unpaired) electrons. The Bertz CT molecular complexity index is 442. The maximum atomic E-state index is 5.55. The van der Waals surface area contributed by atoms with Crippen molar-refractivity contribution in [3.63, 3.8) is 0 Å². The number of benzene rings is 1. The van der Waals surface area contributed by atoms with Crippen LogP contribution >= 0.6 is 0 Å². The maximum Gasteiger partial charge on any atom is 0.108 e. The van der Waals surface area contributed by atoms with Gasteiger partial charge in [0.25, 0.3) is 0 Å². The lowest BCUT2D eigenvalue weighted by atomic mass is 10.1.